The van der Waals surface area contributed by atoms with Crippen molar-refractivity contribution < 1.29 is 19.4 Å². The number of rotatable bonds is 13. The number of ether oxygens (including phenoxy) is 1. The van der Waals surface area contributed by atoms with Crippen LogP contribution in [0.1, 0.15) is 111 Å². The summed E-state index contributed by atoms with van der Waals surface area (Å²) in [5.74, 6) is 1.21. The molecule has 2 saturated carbocycles. The Kier molecular flexibility index (Phi) is 10.6. The van der Waals surface area contributed by atoms with Crippen molar-refractivity contribution in [2.45, 2.75) is 122 Å². The third-order valence-corrected chi connectivity index (χ3v) is 7.01. The zero-order valence-electron chi connectivity index (χ0n) is 19.5. The minimum Gasteiger partial charge on any atom is -0.463 e. The smallest absolute Gasteiger partial charge is 0.306 e. The first kappa shape index (κ1) is 25.1. The van der Waals surface area contributed by atoms with Crippen molar-refractivity contribution in [3.63, 3.8) is 0 Å². The van der Waals surface area contributed by atoms with Crippen LogP contribution in [0.4, 0.5) is 0 Å². The number of aliphatic hydroxyl groups is 1. The van der Waals surface area contributed by atoms with E-state index >= 15 is 0 Å². The zero-order valence-corrected chi connectivity index (χ0v) is 19.5. The van der Waals surface area contributed by atoms with E-state index in [0.717, 1.165) is 51.4 Å². The van der Waals surface area contributed by atoms with E-state index in [1.54, 1.807) is 0 Å². The molecular weight excluding hydrogens is 376 g/mol. The lowest BCUT2D eigenvalue weighted by Gasteiger charge is -2.40. The van der Waals surface area contributed by atoms with Gasteiger partial charge in [0.2, 0.25) is 0 Å². The van der Waals surface area contributed by atoms with Gasteiger partial charge in [0.15, 0.2) is 0 Å². The first-order chi connectivity index (χ1) is 14.3. The molecular formula is C26H44O4. The van der Waals surface area contributed by atoms with Crippen molar-refractivity contribution >= 4 is 11.8 Å². The number of Topliss-reactive ketones (excluding diaryl/α,β-unsaturated/α-hetero) is 1. The maximum absolute atomic E-state index is 12.6. The number of ketones is 1. The van der Waals surface area contributed by atoms with Crippen molar-refractivity contribution in [3.05, 3.63) is 12.2 Å². The highest BCUT2D eigenvalue weighted by atomic mass is 16.5. The molecule has 4 atom stereocenters. The number of hydrogen-bond acceptors (Lipinski definition) is 4. The van der Waals surface area contributed by atoms with E-state index in [-0.39, 0.29) is 18.0 Å². The minimum absolute atomic E-state index is 0.0522. The lowest BCUT2D eigenvalue weighted by atomic mass is 9.69. The molecule has 30 heavy (non-hydrogen) atoms. The summed E-state index contributed by atoms with van der Waals surface area (Å²) < 4.78 is 5.14. The largest absolute Gasteiger partial charge is 0.463 e. The van der Waals surface area contributed by atoms with Gasteiger partial charge in [-0.1, -0.05) is 51.2 Å². The quantitative estimate of drug-likeness (QED) is 0.220. The number of carbonyl (C=O) groups excluding carboxylic acids is 2. The molecule has 172 valence electrons. The summed E-state index contributed by atoms with van der Waals surface area (Å²) in [5, 5.41) is 11.1. The third-order valence-electron chi connectivity index (χ3n) is 7.01. The summed E-state index contributed by atoms with van der Waals surface area (Å²) >= 11 is 0. The van der Waals surface area contributed by atoms with Crippen LogP contribution in [0.2, 0.25) is 0 Å². The highest BCUT2D eigenvalue weighted by molar-refractivity contribution is 5.84. The van der Waals surface area contributed by atoms with Gasteiger partial charge in [-0.25, -0.2) is 0 Å². The topological polar surface area (TPSA) is 63.6 Å². The Balaban J connectivity index is 1.70. The molecule has 0 saturated heterocycles. The minimum atomic E-state index is -0.539. The van der Waals surface area contributed by atoms with E-state index < -0.39 is 5.60 Å². The van der Waals surface area contributed by atoms with Crippen LogP contribution in [-0.2, 0) is 14.3 Å². The van der Waals surface area contributed by atoms with E-state index in [0.29, 0.717) is 30.5 Å². The van der Waals surface area contributed by atoms with E-state index in [9.17, 15) is 14.7 Å². The molecule has 0 aromatic rings. The fraction of sp³-hybridized carbons (Fsp3) is 0.846. The number of esters is 1. The van der Waals surface area contributed by atoms with Gasteiger partial charge < -0.3 is 9.84 Å². The van der Waals surface area contributed by atoms with Gasteiger partial charge in [0.05, 0.1) is 11.7 Å². The first-order valence-corrected chi connectivity index (χ1v) is 12.4. The van der Waals surface area contributed by atoms with Crippen molar-refractivity contribution in [1.82, 2.24) is 0 Å². The van der Waals surface area contributed by atoms with Gasteiger partial charge in [0.1, 0.15) is 5.78 Å². The van der Waals surface area contributed by atoms with Gasteiger partial charge >= 0.3 is 5.97 Å². The van der Waals surface area contributed by atoms with Crippen LogP contribution in [0, 0.1) is 17.8 Å². The normalized spacial score (nSPS) is 29.0. The van der Waals surface area contributed by atoms with E-state index in [2.05, 4.69) is 19.1 Å². The maximum Gasteiger partial charge on any atom is 0.306 e. The van der Waals surface area contributed by atoms with Crippen molar-refractivity contribution in [2.75, 3.05) is 0 Å². The molecule has 4 nitrogen and oxygen atoms in total. The average Bonchev–Trinajstić information content (AvgIpc) is 2.97. The lowest BCUT2D eigenvalue weighted by molar-refractivity contribution is -0.147. The fourth-order valence-electron chi connectivity index (χ4n) is 5.45. The van der Waals surface area contributed by atoms with Crippen molar-refractivity contribution in [3.8, 4) is 0 Å². The summed E-state index contributed by atoms with van der Waals surface area (Å²) in [6.07, 6.45) is 17.4. The Hall–Kier alpha value is -1.16. The van der Waals surface area contributed by atoms with Crippen LogP contribution in [0.3, 0.4) is 0 Å². The van der Waals surface area contributed by atoms with E-state index in [1.807, 2.05) is 13.8 Å². The Morgan fingerprint density at radius 2 is 1.97 bits per heavy atom. The summed E-state index contributed by atoms with van der Waals surface area (Å²) in [6.45, 7) is 5.95. The Bertz CT molecular complexity index is 567. The molecule has 0 amide bonds. The monoisotopic (exact) mass is 420 g/mol. The third kappa shape index (κ3) is 8.17. The molecule has 0 radical (unpaired) electrons. The van der Waals surface area contributed by atoms with Gasteiger partial charge in [-0.2, -0.15) is 0 Å². The standard InChI is InChI=1S/C26H44O4/c1-4-5-6-9-12-16-26(29)17-15-22-21(19-26)18-24(27)23(22)13-10-7-8-11-14-25(28)30-20(2)3/h7,10,20-23,29H,4-6,8-9,11-19H2,1-3H3/b10-7-/t21-,22-,23?,26+/m0/s1. The van der Waals surface area contributed by atoms with Crippen LogP contribution < -0.4 is 0 Å². The molecule has 1 unspecified atom stereocenters. The fourth-order valence-corrected chi connectivity index (χ4v) is 5.45. The number of hydrogen-bond donors (Lipinski definition) is 1. The molecule has 0 heterocycles. The molecule has 0 aromatic heterocycles. The molecule has 0 bridgehead atoms. The van der Waals surface area contributed by atoms with Gasteiger partial charge in [0, 0.05) is 18.8 Å². The van der Waals surface area contributed by atoms with Crippen LogP contribution in [-0.4, -0.2) is 28.6 Å². The highest BCUT2D eigenvalue weighted by Gasteiger charge is 2.48. The summed E-state index contributed by atoms with van der Waals surface area (Å²) in [6, 6.07) is 0. The SMILES string of the molecule is CCCCCCC[C@@]1(O)CC[C@@H]2C(C/C=C\CCCC(=O)OC(C)C)C(=O)C[C@H]2C1. The molecule has 0 aliphatic heterocycles. The molecule has 0 spiro atoms. The van der Waals surface area contributed by atoms with Gasteiger partial charge in [-0.05, 0) is 70.6 Å². The van der Waals surface area contributed by atoms with Crippen LogP contribution >= 0.6 is 0 Å². The van der Waals surface area contributed by atoms with Crippen LogP contribution in [0.15, 0.2) is 12.2 Å². The molecule has 2 aliphatic rings. The Labute approximate surface area is 183 Å². The molecule has 0 aromatic carbocycles. The molecule has 2 aliphatic carbocycles. The van der Waals surface area contributed by atoms with Crippen molar-refractivity contribution in [2.24, 2.45) is 17.8 Å². The van der Waals surface area contributed by atoms with Gasteiger partial charge in [0.25, 0.3) is 0 Å². The number of carbonyl (C=O) groups is 2. The summed E-state index contributed by atoms with van der Waals surface area (Å²) in [7, 11) is 0. The van der Waals surface area contributed by atoms with Gasteiger partial charge in [-0.15, -0.1) is 0 Å². The molecule has 2 rings (SSSR count). The second kappa shape index (κ2) is 12.6. The van der Waals surface area contributed by atoms with E-state index in [4.69, 9.17) is 4.74 Å². The second-order valence-electron chi connectivity index (χ2n) is 9.97. The number of fused-ring (bicyclic) bond motifs is 1. The van der Waals surface area contributed by atoms with Crippen LogP contribution in [0.5, 0.6) is 0 Å². The van der Waals surface area contributed by atoms with Gasteiger partial charge in [-0.3, -0.25) is 9.59 Å². The first-order valence-electron chi connectivity index (χ1n) is 12.4. The zero-order chi connectivity index (χ0) is 22.0. The average molecular weight is 421 g/mol. The number of allylic oxidation sites excluding steroid dienone is 2. The molecule has 4 heteroatoms. The number of unbranched alkanes of at least 4 members (excludes halogenated alkanes) is 5. The van der Waals surface area contributed by atoms with Crippen molar-refractivity contribution in [1.29, 1.82) is 0 Å². The maximum atomic E-state index is 12.6. The Morgan fingerprint density at radius 3 is 2.70 bits per heavy atom. The Morgan fingerprint density at radius 1 is 1.20 bits per heavy atom. The highest BCUT2D eigenvalue weighted by Crippen LogP contribution is 2.49. The second-order valence-corrected chi connectivity index (χ2v) is 9.97. The molecule has 1 N–H and O–H groups in total. The molecule has 2 fully saturated rings. The predicted octanol–water partition coefficient (Wildman–Crippen LogP) is 6.15. The predicted molar refractivity (Wildman–Crippen MR) is 121 cm³/mol. The summed E-state index contributed by atoms with van der Waals surface area (Å²) in [4.78, 5) is 24.2. The lowest BCUT2D eigenvalue weighted by Crippen LogP contribution is -2.38. The van der Waals surface area contributed by atoms with E-state index in [1.165, 1.54) is 25.7 Å². The van der Waals surface area contributed by atoms with Crippen LogP contribution in [0.25, 0.3) is 0 Å². The summed E-state index contributed by atoms with van der Waals surface area (Å²) in [5.41, 5.74) is -0.539.